The fourth-order valence-electron chi connectivity index (χ4n) is 1.77. The molecular weight excluding hydrogens is 302 g/mol. The lowest BCUT2D eigenvalue weighted by atomic mass is 10.2. The van der Waals surface area contributed by atoms with E-state index in [1.165, 1.54) is 12.1 Å². The van der Waals surface area contributed by atoms with Crippen LogP contribution in [0.3, 0.4) is 0 Å². The largest absolute Gasteiger partial charge is 0.395 e. The molecule has 1 aromatic carbocycles. The average molecular weight is 312 g/mol. The van der Waals surface area contributed by atoms with Crippen LogP contribution in [0.1, 0.15) is 0 Å². The van der Waals surface area contributed by atoms with Gasteiger partial charge in [-0.15, -0.1) is 0 Å². The van der Waals surface area contributed by atoms with Gasteiger partial charge in [0, 0.05) is 18.2 Å². The highest BCUT2D eigenvalue weighted by Gasteiger charge is 2.30. The van der Waals surface area contributed by atoms with E-state index in [1.54, 1.807) is 0 Å². The number of β-amino-alcohol motifs (C(OH)–C–C–N with tert-alkyl or cyclic N) is 1. The third-order valence-electron chi connectivity index (χ3n) is 2.77. The number of nitrogens with zero attached hydrogens (tertiary/aromatic N) is 2. The van der Waals surface area contributed by atoms with Crippen molar-refractivity contribution >= 4 is 34.8 Å². The molecule has 1 aromatic rings. The van der Waals surface area contributed by atoms with Crippen LogP contribution in [0, 0.1) is 10.1 Å². The molecule has 2 N–H and O–H groups in total. The number of hydrogen-bond donors (Lipinski definition) is 2. The number of imide groups is 1. The number of nitrogens with one attached hydrogen (secondary N) is 1. The molecular formula is C12H10ClN3O5. The second-order valence-electron chi connectivity index (χ2n) is 4.12. The van der Waals surface area contributed by atoms with Gasteiger partial charge in [-0.25, -0.2) is 0 Å². The van der Waals surface area contributed by atoms with Crippen LogP contribution in [0.15, 0.2) is 30.0 Å². The first kappa shape index (κ1) is 14.9. The Balaban J connectivity index is 2.20. The lowest BCUT2D eigenvalue weighted by Crippen LogP contribution is -2.34. The number of aliphatic hydroxyl groups excluding tert-OH is 1. The second kappa shape index (κ2) is 5.90. The molecule has 0 radical (unpaired) electrons. The Morgan fingerprint density at radius 3 is 2.67 bits per heavy atom. The first-order valence-electron chi connectivity index (χ1n) is 5.83. The highest BCUT2D eigenvalue weighted by Crippen LogP contribution is 2.28. The molecule has 1 heterocycles. The SMILES string of the molecule is O=C1C=C(Nc2ccc([N+](=O)[O-])cc2Cl)C(=O)N1CCO. The van der Waals surface area contributed by atoms with Crippen molar-refractivity contribution in [3.05, 3.63) is 45.1 Å². The van der Waals surface area contributed by atoms with Gasteiger partial charge < -0.3 is 10.4 Å². The molecule has 0 saturated heterocycles. The number of amides is 2. The summed E-state index contributed by atoms with van der Waals surface area (Å²) in [6.45, 7) is -0.440. The van der Waals surface area contributed by atoms with Gasteiger partial charge in [0.05, 0.1) is 28.8 Å². The number of rotatable bonds is 5. The summed E-state index contributed by atoms with van der Waals surface area (Å²) in [6, 6.07) is 3.70. The van der Waals surface area contributed by atoms with Gasteiger partial charge >= 0.3 is 0 Å². The number of anilines is 1. The van der Waals surface area contributed by atoms with Crippen LogP contribution in [0.5, 0.6) is 0 Å². The van der Waals surface area contributed by atoms with E-state index >= 15 is 0 Å². The number of carbonyl (C=O) groups excluding carboxylic acids is 2. The predicted octanol–water partition coefficient (Wildman–Crippen LogP) is 0.905. The first-order chi connectivity index (χ1) is 9.93. The molecule has 0 unspecified atom stereocenters. The van der Waals surface area contributed by atoms with E-state index in [0.717, 1.165) is 17.0 Å². The zero-order chi connectivity index (χ0) is 15.6. The minimum absolute atomic E-state index is 0.01000. The van der Waals surface area contributed by atoms with Crippen molar-refractivity contribution in [2.24, 2.45) is 0 Å². The summed E-state index contributed by atoms with van der Waals surface area (Å²) in [5.41, 5.74) is 0.0694. The zero-order valence-electron chi connectivity index (χ0n) is 10.6. The third-order valence-corrected chi connectivity index (χ3v) is 3.08. The van der Waals surface area contributed by atoms with E-state index in [9.17, 15) is 19.7 Å². The Hall–Kier alpha value is -2.45. The number of aliphatic hydroxyl groups is 1. The second-order valence-corrected chi connectivity index (χ2v) is 4.53. The Kier molecular flexibility index (Phi) is 4.20. The molecule has 0 aliphatic carbocycles. The topological polar surface area (TPSA) is 113 Å². The van der Waals surface area contributed by atoms with Gasteiger partial charge in [-0.1, -0.05) is 11.6 Å². The Morgan fingerprint density at radius 1 is 1.38 bits per heavy atom. The molecule has 21 heavy (non-hydrogen) atoms. The molecule has 1 aliphatic rings. The highest BCUT2D eigenvalue weighted by molar-refractivity contribution is 6.33. The van der Waals surface area contributed by atoms with Crippen molar-refractivity contribution in [1.29, 1.82) is 0 Å². The maximum atomic E-state index is 11.9. The number of nitro groups is 1. The van der Waals surface area contributed by atoms with Crippen molar-refractivity contribution in [3.8, 4) is 0 Å². The van der Waals surface area contributed by atoms with E-state index in [-0.39, 0.29) is 35.2 Å². The first-order valence-corrected chi connectivity index (χ1v) is 6.21. The molecule has 0 fully saturated rings. The lowest BCUT2D eigenvalue weighted by Gasteiger charge is -2.13. The summed E-state index contributed by atoms with van der Waals surface area (Å²) >= 11 is 5.89. The molecule has 0 saturated carbocycles. The maximum absolute atomic E-state index is 11.9. The quantitative estimate of drug-likeness (QED) is 0.474. The maximum Gasteiger partial charge on any atom is 0.277 e. The number of carbonyl (C=O) groups is 2. The number of nitro benzene ring substituents is 1. The normalized spacial score (nSPS) is 14.4. The van der Waals surface area contributed by atoms with Crippen molar-refractivity contribution in [1.82, 2.24) is 4.90 Å². The van der Waals surface area contributed by atoms with E-state index in [1.807, 2.05) is 0 Å². The van der Waals surface area contributed by atoms with Gasteiger partial charge in [0.15, 0.2) is 0 Å². The average Bonchev–Trinajstić information content (AvgIpc) is 2.69. The number of hydrogen-bond acceptors (Lipinski definition) is 6. The summed E-state index contributed by atoms with van der Waals surface area (Å²) in [5.74, 6) is -1.14. The van der Waals surface area contributed by atoms with Crippen LogP contribution in [-0.4, -0.2) is 39.9 Å². The van der Waals surface area contributed by atoms with E-state index in [2.05, 4.69) is 5.32 Å². The summed E-state index contributed by atoms with van der Waals surface area (Å²) in [7, 11) is 0. The molecule has 0 aromatic heterocycles. The summed E-state index contributed by atoms with van der Waals surface area (Å²) in [6.07, 6.45) is 1.08. The number of non-ortho nitro benzene ring substituents is 1. The summed E-state index contributed by atoms with van der Waals surface area (Å²) < 4.78 is 0. The monoisotopic (exact) mass is 311 g/mol. The smallest absolute Gasteiger partial charge is 0.277 e. The Labute approximate surface area is 123 Å². The van der Waals surface area contributed by atoms with Crippen LogP contribution in [0.25, 0.3) is 0 Å². The molecule has 0 atom stereocenters. The summed E-state index contributed by atoms with van der Waals surface area (Å²) in [5, 5.41) is 22.1. The minimum Gasteiger partial charge on any atom is -0.395 e. The Bertz CT molecular complexity index is 658. The van der Waals surface area contributed by atoms with Crippen molar-refractivity contribution in [2.45, 2.75) is 0 Å². The van der Waals surface area contributed by atoms with Crippen molar-refractivity contribution in [2.75, 3.05) is 18.5 Å². The molecule has 1 aliphatic heterocycles. The molecule has 8 nitrogen and oxygen atoms in total. The van der Waals surface area contributed by atoms with Gasteiger partial charge in [0.1, 0.15) is 5.70 Å². The Morgan fingerprint density at radius 2 is 2.10 bits per heavy atom. The fraction of sp³-hybridized carbons (Fsp3) is 0.167. The molecule has 9 heteroatoms. The van der Waals surface area contributed by atoms with Crippen LogP contribution in [-0.2, 0) is 9.59 Å². The van der Waals surface area contributed by atoms with Crippen LogP contribution in [0.2, 0.25) is 5.02 Å². The molecule has 0 bridgehead atoms. The molecule has 2 rings (SSSR count). The number of benzene rings is 1. The summed E-state index contributed by atoms with van der Waals surface area (Å²) in [4.78, 5) is 34.4. The number of halogens is 1. The van der Waals surface area contributed by atoms with Crippen molar-refractivity contribution < 1.29 is 19.6 Å². The molecule has 110 valence electrons. The molecule has 2 amide bonds. The van der Waals surface area contributed by atoms with Gasteiger partial charge in [0.25, 0.3) is 17.5 Å². The zero-order valence-corrected chi connectivity index (χ0v) is 11.3. The standard InChI is InChI=1S/C12H10ClN3O5/c13-8-5-7(16(20)21)1-2-9(8)14-10-6-11(18)15(3-4-17)12(10)19/h1-2,5-6,14,17H,3-4H2. The fourth-order valence-corrected chi connectivity index (χ4v) is 2.00. The lowest BCUT2D eigenvalue weighted by molar-refractivity contribution is -0.384. The van der Waals surface area contributed by atoms with Gasteiger partial charge in [-0.05, 0) is 6.07 Å². The van der Waals surface area contributed by atoms with Crippen LogP contribution in [0.4, 0.5) is 11.4 Å². The predicted molar refractivity (Wildman–Crippen MR) is 73.6 cm³/mol. The van der Waals surface area contributed by atoms with Gasteiger partial charge in [0.2, 0.25) is 0 Å². The van der Waals surface area contributed by atoms with E-state index in [0.29, 0.717) is 0 Å². The van der Waals surface area contributed by atoms with E-state index in [4.69, 9.17) is 16.7 Å². The van der Waals surface area contributed by atoms with Gasteiger partial charge in [-0.2, -0.15) is 0 Å². The van der Waals surface area contributed by atoms with Crippen molar-refractivity contribution in [3.63, 3.8) is 0 Å². The van der Waals surface area contributed by atoms with Crippen LogP contribution < -0.4 is 5.32 Å². The molecule has 0 spiro atoms. The third kappa shape index (κ3) is 3.01. The highest BCUT2D eigenvalue weighted by atomic mass is 35.5. The minimum atomic E-state index is -0.595. The van der Waals surface area contributed by atoms with Gasteiger partial charge in [-0.3, -0.25) is 24.6 Å². The van der Waals surface area contributed by atoms with Crippen LogP contribution >= 0.6 is 11.6 Å². The van der Waals surface area contributed by atoms with E-state index < -0.39 is 16.7 Å².